The van der Waals surface area contributed by atoms with Gasteiger partial charge in [0, 0.05) is 37.6 Å². The second-order valence-electron chi connectivity index (χ2n) is 3.98. The van der Waals surface area contributed by atoms with Crippen molar-refractivity contribution >= 4 is 0 Å². The third kappa shape index (κ3) is 2.49. The van der Waals surface area contributed by atoms with Gasteiger partial charge in [0.15, 0.2) is 0 Å². The maximum absolute atomic E-state index is 5.62. The number of rotatable bonds is 5. The third-order valence-corrected chi connectivity index (χ3v) is 2.88. The third-order valence-electron chi connectivity index (χ3n) is 2.88. The van der Waals surface area contributed by atoms with Crippen LogP contribution < -0.4 is 16.0 Å². The molecule has 6 nitrogen and oxygen atoms in total. The van der Waals surface area contributed by atoms with Crippen molar-refractivity contribution in [2.75, 3.05) is 7.11 Å². The fraction of sp³-hybridized carbons (Fsp3) is 0.333. The summed E-state index contributed by atoms with van der Waals surface area (Å²) in [6.07, 6.45) is 6.03. The Hall–Kier alpha value is -1.92. The van der Waals surface area contributed by atoms with E-state index in [9.17, 15) is 0 Å². The fourth-order valence-corrected chi connectivity index (χ4v) is 1.87. The smallest absolute Gasteiger partial charge is 0.217 e. The van der Waals surface area contributed by atoms with Gasteiger partial charge in [0.25, 0.3) is 0 Å². The number of nitrogens with two attached hydrogens (primary N) is 1. The van der Waals surface area contributed by atoms with Crippen molar-refractivity contribution in [3.05, 3.63) is 42.1 Å². The van der Waals surface area contributed by atoms with E-state index >= 15 is 0 Å². The lowest BCUT2D eigenvalue weighted by Gasteiger charge is -2.17. The number of hydrogen-bond donors (Lipinski definition) is 2. The summed E-state index contributed by atoms with van der Waals surface area (Å²) in [6.45, 7) is 0. The van der Waals surface area contributed by atoms with E-state index in [-0.39, 0.29) is 6.04 Å². The van der Waals surface area contributed by atoms with Crippen LogP contribution in [0.4, 0.5) is 0 Å². The van der Waals surface area contributed by atoms with Crippen LogP contribution in [0, 0.1) is 0 Å². The van der Waals surface area contributed by atoms with Crippen LogP contribution in [0.1, 0.15) is 17.4 Å². The second kappa shape index (κ2) is 5.61. The molecule has 2 aromatic heterocycles. The van der Waals surface area contributed by atoms with Gasteiger partial charge in [-0.1, -0.05) is 6.07 Å². The molecule has 0 saturated carbocycles. The van der Waals surface area contributed by atoms with Crippen molar-refractivity contribution in [1.82, 2.24) is 20.0 Å². The molecule has 0 amide bonds. The number of aryl methyl sites for hydroxylation is 1. The summed E-state index contributed by atoms with van der Waals surface area (Å²) in [5, 5.41) is 0. The van der Waals surface area contributed by atoms with Gasteiger partial charge in [-0.25, -0.2) is 9.97 Å². The van der Waals surface area contributed by atoms with Crippen molar-refractivity contribution in [1.29, 1.82) is 0 Å². The van der Waals surface area contributed by atoms with Crippen LogP contribution in [0.3, 0.4) is 0 Å². The quantitative estimate of drug-likeness (QED) is 0.596. The van der Waals surface area contributed by atoms with Crippen molar-refractivity contribution in [3.8, 4) is 5.88 Å². The molecule has 2 heterocycles. The summed E-state index contributed by atoms with van der Waals surface area (Å²) >= 11 is 0. The molecule has 0 radical (unpaired) electrons. The summed E-state index contributed by atoms with van der Waals surface area (Å²) in [4.78, 5) is 8.46. The molecule has 2 rings (SSSR count). The molecule has 96 valence electrons. The van der Waals surface area contributed by atoms with E-state index in [1.165, 1.54) is 0 Å². The average molecular weight is 247 g/mol. The summed E-state index contributed by atoms with van der Waals surface area (Å²) in [5.74, 6) is 7.15. The van der Waals surface area contributed by atoms with Crippen LogP contribution >= 0.6 is 0 Å². The lowest BCUT2D eigenvalue weighted by Crippen LogP contribution is -2.30. The number of imidazole rings is 1. The Kier molecular flexibility index (Phi) is 3.91. The first-order valence-corrected chi connectivity index (χ1v) is 5.67. The molecule has 0 aromatic carbocycles. The Bertz CT molecular complexity index is 511. The Morgan fingerprint density at radius 1 is 1.44 bits per heavy atom. The molecule has 1 atom stereocenters. The maximum Gasteiger partial charge on any atom is 0.217 e. The molecule has 0 spiro atoms. The fourth-order valence-electron chi connectivity index (χ4n) is 1.87. The minimum Gasteiger partial charge on any atom is -0.481 e. The highest BCUT2D eigenvalue weighted by atomic mass is 16.5. The SMILES string of the molecule is COc1ncccc1C(Cc1nccn1C)NN. The number of pyridine rings is 1. The van der Waals surface area contributed by atoms with Gasteiger partial charge in [-0.3, -0.25) is 11.3 Å². The highest BCUT2D eigenvalue weighted by Gasteiger charge is 2.17. The van der Waals surface area contributed by atoms with Gasteiger partial charge in [-0.15, -0.1) is 0 Å². The minimum atomic E-state index is -0.0882. The van der Waals surface area contributed by atoms with Gasteiger partial charge in [0.05, 0.1) is 13.2 Å². The zero-order valence-corrected chi connectivity index (χ0v) is 10.5. The first-order valence-electron chi connectivity index (χ1n) is 5.67. The van der Waals surface area contributed by atoms with E-state index in [2.05, 4.69) is 15.4 Å². The molecule has 1 unspecified atom stereocenters. The predicted octanol–water partition coefficient (Wildman–Crippen LogP) is 0.571. The molecule has 0 aliphatic rings. The number of aromatic nitrogens is 3. The molecule has 6 heteroatoms. The summed E-state index contributed by atoms with van der Waals surface area (Å²) < 4.78 is 7.21. The highest BCUT2D eigenvalue weighted by molar-refractivity contribution is 5.29. The van der Waals surface area contributed by atoms with E-state index in [0.717, 1.165) is 11.4 Å². The lowest BCUT2D eigenvalue weighted by molar-refractivity contribution is 0.381. The number of hydrazine groups is 1. The molecule has 3 N–H and O–H groups in total. The number of ether oxygens (including phenoxy) is 1. The van der Waals surface area contributed by atoms with E-state index < -0.39 is 0 Å². The second-order valence-corrected chi connectivity index (χ2v) is 3.98. The minimum absolute atomic E-state index is 0.0882. The van der Waals surface area contributed by atoms with E-state index in [1.54, 1.807) is 19.5 Å². The lowest BCUT2D eigenvalue weighted by atomic mass is 10.1. The Labute approximate surface area is 106 Å². The van der Waals surface area contributed by atoms with Gasteiger partial charge >= 0.3 is 0 Å². The predicted molar refractivity (Wildman–Crippen MR) is 67.8 cm³/mol. The summed E-state index contributed by atoms with van der Waals surface area (Å²) in [6, 6.07) is 3.72. The van der Waals surface area contributed by atoms with Crippen molar-refractivity contribution in [2.45, 2.75) is 12.5 Å². The number of methoxy groups -OCH3 is 1. The summed E-state index contributed by atoms with van der Waals surface area (Å²) in [7, 11) is 3.55. The standard InChI is InChI=1S/C12H17N5O/c1-17-7-6-14-11(17)8-10(16-13)9-4-3-5-15-12(9)18-2/h3-7,10,16H,8,13H2,1-2H3. The molecule has 0 aliphatic heterocycles. The Balaban J connectivity index is 2.25. The van der Waals surface area contributed by atoms with Gasteiger partial charge in [0.1, 0.15) is 5.82 Å². The van der Waals surface area contributed by atoms with E-state index in [1.807, 2.05) is 29.9 Å². The first-order chi connectivity index (χ1) is 8.76. The Morgan fingerprint density at radius 3 is 2.89 bits per heavy atom. The molecule has 0 fully saturated rings. The number of hydrogen-bond acceptors (Lipinski definition) is 5. The van der Waals surface area contributed by atoms with Gasteiger partial charge < -0.3 is 9.30 Å². The first kappa shape index (κ1) is 12.5. The van der Waals surface area contributed by atoms with Gasteiger partial charge in [-0.2, -0.15) is 0 Å². The van der Waals surface area contributed by atoms with Gasteiger partial charge in [0.2, 0.25) is 5.88 Å². The molecule has 2 aromatic rings. The molecular weight excluding hydrogens is 230 g/mol. The maximum atomic E-state index is 5.62. The molecule has 0 saturated heterocycles. The topological polar surface area (TPSA) is 78.0 Å². The number of nitrogens with one attached hydrogen (secondary N) is 1. The van der Waals surface area contributed by atoms with Crippen molar-refractivity contribution in [3.63, 3.8) is 0 Å². The van der Waals surface area contributed by atoms with Crippen LogP contribution in [0.5, 0.6) is 5.88 Å². The zero-order chi connectivity index (χ0) is 13.0. The highest BCUT2D eigenvalue weighted by Crippen LogP contribution is 2.24. The van der Waals surface area contributed by atoms with Crippen molar-refractivity contribution in [2.24, 2.45) is 12.9 Å². The van der Waals surface area contributed by atoms with Crippen LogP contribution in [0.25, 0.3) is 0 Å². The zero-order valence-electron chi connectivity index (χ0n) is 10.5. The largest absolute Gasteiger partial charge is 0.481 e. The molecular formula is C12H17N5O. The van der Waals surface area contributed by atoms with Crippen LogP contribution in [0.2, 0.25) is 0 Å². The van der Waals surface area contributed by atoms with Crippen LogP contribution in [-0.4, -0.2) is 21.6 Å². The van der Waals surface area contributed by atoms with Crippen molar-refractivity contribution < 1.29 is 4.74 Å². The van der Waals surface area contributed by atoms with E-state index in [0.29, 0.717) is 12.3 Å². The average Bonchev–Trinajstić information content (AvgIpc) is 2.81. The normalized spacial score (nSPS) is 12.4. The summed E-state index contributed by atoms with van der Waals surface area (Å²) in [5.41, 5.74) is 3.71. The molecule has 18 heavy (non-hydrogen) atoms. The Morgan fingerprint density at radius 2 is 2.28 bits per heavy atom. The number of nitrogens with zero attached hydrogens (tertiary/aromatic N) is 3. The van der Waals surface area contributed by atoms with E-state index in [4.69, 9.17) is 10.6 Å². The molecule has 0 aliphatic carbocycles. The van der Waals surface area contributed by atoms with Crippen LogP contribution in [0.15, 0.2) is 30.7 Å². The molecule has 0 bridgehead atoms. The monoisotopic (exact) mass is 247 g/mol. The van der Waals surface area contributed by atoms with Gasteiger partial charge in [-0.05, 0) is 6.07 Å². The van der Waals surface area contributed by atoms with Crippen LogP contribution in [-0.2, 0) is 13.5 Å².